The van der Waals surface area contributed by atoms with Crippen LogP contribution in [-0.2, 0) is 11.7 Å². The molecule has 1 saturated carbocycles. The molecular weight excluding hydrogens is 417 g/mol. The maximum Gasteiger partial charge on any atom is 0.433 e. The Hall–Kier alpha value is -2.61. The van der Waals surface area contributed by atoms with Crippen LogP contribution in [0.1, 0.15) is 48.1 Å². The van der Waals surface area contributed by atoms with Crippen molar-refractivity contribution < 1.29 is 18.0 Å². The Morgan fingerprint density at radius 3 is 2.34 bits per heavy atom. The van der Waals surface area contributed by atoms with Crippen LogP contribution in [0, 0.1) is 13.8 Å². The smallest absolute Gasteiger partial charge is 0.330 e. The molecule has 2 amide bonds. The molecule has 2 aliphatic rings. The van der Waals surface area contributed by atoms with E-state index in [-0.39, 0.29) is 11.6 Å². The Balaban J connectivity index is 1.56. The number of alkyl halides is 3. The summed E-state index contributed by atoms with van der Waals surface area (Å²) in [6.45, 7) is 4.10. The zero-order valence-corrected chi connectivity index (χ0v) is 18.9. The predicted octanol–water partition coefficient (Wildman–Crippen LogP) is 5.02. The molecule has 1 N–H and O–H groups in total. The van der Waals surface area contributed by atoms with Crippen molar-refractivity contribution in [3.63, 3.8) is 0 Å². The lowest BCUT2D eigenvalue weighted by Crippen LogP contribution is -2.54. The van der Waals surface area contributed by atoms with E-state index in [1.807, 2.05) is 0 Å². The maximum absolute atomic E-state index is 13.0. The summed E-state index contributed by atoms with van der Waals surface area (Å²) < 4.78 is 38.9. The first kappa shape index (κ1) is 22.6. The average molecular weight is 447 g/mol. The Morgan fingerprint density at radius 1 is 1.09 bits per heavy atom. The van der Waals surface area contributed by atoms with Gasteiger partial charge in [0.25, 0.3) is 0 Å². The summed E-state index contributed by atoms with van der Waals surface area (Å²) in [5.41, 5.74) is 1.86. The number of halogens is 3. The SMILES string of the molecule is Cc1cccc([C@]2(N(C)C)CC[C@@]3(CC2)CN(c2cnc(C(F)(F)F)cc2C)C(=O)N3)c1. The van der Waals surface area contributed by atoms with E-state index in [0.717, 1.165) is 37.9 Å². The highest BCUT2D eigenvalue weighted by atomic mass is 19.4. The first-order chi connectivity index (χ1) is 15.0. The summed E-state index contributed by atoms with van der Waals surface area (Å²) in [4.78, 5) is 20.2. The molecule has 1 aromatic carbocycles. The molecule has 2 fully saturated rings. The number of aryl methyl sites for hydroxylation is 2. The Labute approximate surface area is 186 Å². The van der Waals surface area contributed by atoms with Gasteiger partial charge >= 0.3 is 12.2 Å². The summed E-state index contributed by atoms with van der Waals surface area (Å²) in [5, 5.41) is 3.15. The van der Waals surface area contributed by atoms with Gasteiger partial charge in [-0.15, -0.1) is 0 Å². The van der Waals surface area contributed by atoms with Gasteiger partial charge in [-0.25, -0.2) is 9.78 Å². The standard InChI is InChI=1S/C24H29F3N4O/c1-16-6-5-7-18(12-16)23(30(3)4)10-8-22(9-11-23)15-31(21(32)29-22)19-14-28-20(13-17(19)2)24(25,26)27/h5-7,12-14H,8-11,15H2,1-4H3,(H,29,32)/t22-,23+. The van der Waals surface area contributed by atoms with Crippen LogP contribution in [0.5, 0.6) is 0 Å². The van der Waals surface area contributed by atoms with Crippen LogP contribution in [0.2, 0.25) is 0 Å². The van der Waals surface area contributed by atoms with E-state index >= 15 is 0 Å². The second-order valence-electron chi connectivity index (χ2n) is 9.45. The first-order valence-electron chi connectivity index (χ1n) is 10.8. The molecule has 2 heterocycles. The van der Waals surface area contributed by atoms with Gasteiger partial charge in [0.1, 0.15) is 5.69 Å². The third-order valence-corrected chi connectivity index (χ3v) is 7.19. The Bertz CT molecular complexity index is 1030. The van der Waals surface area contributed by atoms with Crippen molar-refractivity contribution in [2.24, 2.45) is 0 Å². The van der Waals surface area contributed by atoms with Gasteiger partial charge < -0.3 is 5.32 Å². The predicted molar refractivity (Wildman–Crippen MR) is 118 cm³/mol. The number of rotatable bonds is 3. The van der Waals surface area contributed by atoms with Crippen LogP contribution in [0.4, 0.5) is 23.7 Å². The number of carbonyl (C=O) groups excluding carboxylic acids is 1. The van der Waals surface area contributed by atoms with Crippen LogP contribution in [-0.4, -0.2) is 42.1 Å². The zero-order valence-electron chi connectivity index (χ0n) is 18.9. The fraction of sp³-hybridized carbons (Fsp3) is 0.500. The molecule has 8 heteroatoms. The van der Waals surface area contributed by atoms with E-state index in [9.17, 15) is 18.0 Å². The molecule has 1 aromatic heterocycles. The van der Waals surface area contributed by atoms with E-state index in [2.05, 4.69) is 60.5 Å². The molecule has 1 spiro atoms. The van der Waals surface area contributed by atoms with Gasteiger partial charge in [0.05, 0.1) is 24.0 Å². The van der Waals surface area contributed by atoms with Crippen LogP contribution >= 0.6 is 0 Å². The fourth-order valence-electron chi connectivity index (χ4n) is 5.24. The second kappa shape index (κ2) is 7.76. The van der Waals surface area contributed by atoms with Gasteiger partial charge in [0.15, 0.2) is 0 Å². The molecule has 172 valence electrons. The third-order valence-electron chi connectivity index (χ3n) is 7.19. The molecule has 2 aromatic rings. The number of anilines is 1. The number of pyridine rings is 1. The normalized spacial score (nSPS) is 26.1. The van der Waals surface area contributed by atoms with E-state index in [4.69, 9.17) is 0 Å². The van der Waals surface area contributed by atoms with Gasteiger partial charge in [-0.1, -0.05) is 29.8 Å². The molecule has 5 nitrogen and oxygen atoms in total. The highest BCUT2D eigenvalue weighted by Crippen LogP contribution is 2.46. The quantitative estimate of drug-likeness (QED) is 0.721. The molecule has 0 bridgehead atoms. The summed E-state index contributed by atoms with van der Waals surface area (Å²) in [5.74, 6) is 0. The topological polar surface area (TPSA) is 48.5 Å². The molecule has 1 aliphatic heterocycles. The van der Waals surface area contributed by atoms with Crippen molar-refractivity contribution >= 4 is 11.7 Å². The number of nitrogens with one attached hydrogen (secondary N) is 1. The van der Waals surface area contributed by atoms with Crippen LogP contribution in [0.15, 0.2) is 36.5 Å². The van der Waals surface area contributed by atoms with Crippen LogP contribution in [0.25, 0.3) is 0 Å². The number of carbonyl (C=O) groups is 1. The number of nitrogens with zero attached hydrogens (tertiary/aromatic N) is 3. The fourth-order valence-corrected chi connectivity index (χ4v) is 5.24. The van der Waals surface area contributed by atoms with Crippen LogP contribution in [0.3, 0.4) is 0 Å². The molecule has 1 aliphatic carbocycles. The zero-order chi connectivity index (χ0) is 23.3. The summed E-state index contributed by atoms with van der Waals surface area (Å²) >= 11 is 0. The third kappa shape index (κ3) is 3.85. The Morgan fingerprint density at radius 2 is 1.78 bits per heavy atom. The van der Waals surface area contributed by atoms with E-state index in [1.165, 1.54) is 16.0 Å². The first-order valence-corrected chi connectivity index (χ1v) is 10.8. The van der Waals surface area contributed by atoms with E-state index in [1.54, 1.807) is 6.92 Å². The molecule has 0 atom stereocenters. The van der Waals surface area contributed by atoms with Gasteiger partial charge in [-0.3, -0.25) is 9.80 Å². The van der Waals surface area contributed by atoms with E-state index < -0.39 is 17.4 Å². The highest BCUT2D eigenvalue weighted by molar-refractivity contribution is 5.96. The van der Waals surface area contributed by atoms with Gasteiger partial charge in [0.2, 0.25) is 0 Å². The molecule has 0 radical (unpaired) electrons. The van der Waals surface area contributed by atoms with Crippen LogP contribution < -0.4 is 10.2 Å². The van der Waals surface area contributed by atoms with Crippen molar-refractivity contribution in [3.05, 3.63) is 58.9 Å². The summed E-state index contributed by atoms with van der Waals surface area (Å²) in [6.07, 6.45) is -0.0184. The average Bonchev–Trinajstić information content (AvgIpc) is 3.03. The lowest BCUT2D eigenvalue weighted by molar-refractivity contribution is -0.141. The molecule has 32 heavy (non-hydrogen) atoms. The van der Waals surface area contributed by atoms with Gasteiger partial charge in [-0.2, -0.15) is 13.2 Å². The number of hydrogen-bond acceptors (Lipinski definition) is 3. The number of aromatic nitrogens is 1. The lowest BCUT2D eigenvalue weighted by atomic mass is 9.68. The summed E-state index contributed by atoms with van der Waals surface area (Å²) in [7, 11) is 4.19. The molecule has 4 rings (SSSR count). The monoisotopic (exact) mass is 446 g/mol. The lowest BCUT2D eigenvalue weighted by Gasteiger charge is -2.48. The largest absolute Gasteiger partial charge is 0.433 e. The Kier molecular flexibility index (Phi) is 5.48. The maximum atomic E-state index is 13.0. The van der Waals surface area contributed by atoms with Crippen molar-refractivity contribution in [3.8, 4) is 0 Å². The number of amides is 2. The number of benzene rings is 1. The van der Waals surface area contributed by atoms with Gasteiger partial charge in [-0.05, 0) is 70.8 Å². The second-order valence-corrected chi connectivity index (χ2v) is 9.45. The van der Waals surface area contributed by atoms with Crippen molar-refractivity contribution in [1.29, 1.82) is 0 Å². The highest BCUT2D eigenvalue weighted by Gasteiger charge is 2.50. The minimum absolute atomic E-state index is 0.110. The minimum Gasteiger partial charge on any atom is -0.330 e. The molecule has 0 unspecified atom stereocenters. The van der Waals surface area contributed by atoms with Gasteiger partial charge in [0, 0.05) is 5.54 Å². The van der Waals surface area contributed by atoms with E-state index in [0.29, 0.717) is 17.8 Å². The van der Waals surface area contributed by atoms with Crippen molar-refractivity contribution in [2.45, 2.75) is 56.8 Å². The number of hydrogen-bond donors (Lipinski definition) is 1. The number of urea groups is 1. The molecular formula is C24H29F3N4O. The van der Waals surface area contributed by atoms with Crippen molar-refractivity contribution in [2.75, 3.05) is 25.5 Å². The van der Waals surface area contributed by atoms with Crippen molar-refractivity contribution in [1.82, 2.24) is 15.2 Å². The minimum atomic E-state index is -4.51. The molecule has 1 saturated heterocycles. The summed E-state index contributed by atoms with van der Waals surface area (Å²) in [6, 6.07) is 9.30.